The minimum atomic E-state index is 0.217. The normalized spacial score (nSPS) is 20.7. The molecule has 2 aromatic rings. The number of nitrogens with two attached hydrogens (primary N) is 1. The third-order valence-corrected chi connectivity index (χ3v) is 6.14. The molecule has 170 valence electrons. The van der Waals surface area contributed by atoms with Crippen LogP contribution >= 0.6 is 0 Å². The third kappa shape index (κ3) is 5.89. The largest absolute Gasteiger partial charge is 0.376 e. The molecular formula is C24H33N7O. The maximum absolute atomic E-state index is 5.75. The van der Waals surface area contributed by atoms with Crippen molar-refractivity contribution in [1.82, 2.24) is 14.9 Å². The molecule has 3 heterocycles. The summed E-state index contributed by atoms with van der Waals surface area (Å²) in [5, 5.41) is 3.99. The van der Waals surface area contributed by atoms with Crippen LogP contribution in [-0.2, 0) is 11.3 Å². The molecule has 8 nitrogen and oxygen atoms in total. The lowest BCUT2D eigenvalue weighted by atomic mass is 10.0. The van der Waals surface area contributed by atoms with E-state index in [1.807, 2.05) is 6.07 Å². The van der Waals surface area contributed by atoms with Crippen LogP contribution in [0.25, 0.3) is 0 Å². The molecule has 0 saturated carbocycles. The van der Waals surface area contributed by atoms with E-state index >= 15 is 0 Å². The summed E-state index contributed by atoms with van der Waals surface area (Å²) in [5.41, 5.74) is 4.10. The van der Waals surface area contributed by atoms with Crippen molar-refractivity contribution in [2.75, 3.05) is 44.2 Å². The van der Waals surface area contributed by atoms with Crippen LogP contribution in [0.15, 0.2) is 46.8 Å². The zero-order valence-corrected chi connectivity index (χ0v) is 18.9. The number of hydrogen-bond donors (Lipinski definition) is 1. The van der Waals surface area contributed by atoms with E-state index in [0.29, 0.717) is 12.3 Å². The number of rotatable bonds is 7. The van der Waals surface area contributed by atoms with Gasteiger partial charge in [-0.2, -0.15) is 5.10 Å². The van der Waals surface area contributed by atoms with Gasteiger partial charge in [0.05, 0.1) is 19.2 Å². The van der Waals surface area contributed by atoms with Gasteiger partial charge >= 0.3 is 0 Å². The second kappa shape index (κ2) is 11.2. The van der Waals surface area contributed by atoms with Gasteiger partial charge in [0.15, 0.2) is 0 Å². The Morgan fingerprint density at radius 3 is 2.69 bits per heavy atom. The second-order valence-electron chi connectivity index (χ2n) is 8.42. The highest BCUT2D eigenvalue weighted by Gasteiger charge is 2.19. The van der Waals surface area contributed by atoms with E-state index < -0.39 is 0 Å². The second-order valence-corrected chi connectivity index (χ2v) is 8.42. The summed E-state index contributed by atoms with van der Waals surface area (Å²) in [6.45, 7) is 8.34. The average Bonchev–Trinajstić information content (AvgIpc) is 2.84. The van der Waals surface area contributed by atoms with Gasteiger partial charge in [0.2, 0.25) is 0 Å². The number of benzene rings is 1. The van der Waals surface area contributed by atoms with Crippen LogP contribution in [0.3, 0.4) is 0 Å². The Bertz CT molecular complexity index is 917. The molecule has 0 amide bonds. The maximum atomic E-state index is 5.75. The zero-order chi connectivity index (χ0) is 22.2. The van der Waals surface area contributed by atoms with Crippen molar-refractivity contribution in [2.45, 2.75) is 38.8 Å². The Morgan fingerprint density at radius 2 is 2.00 bits per heavy atom. The fourth-order valence-corrected chi connectivity index (χ4v) is 4.29. The smallest absolute Gasteiger partial charge is 0.142 e. The van der Waals surface area contributed by atoms with Crippen molar-refractivity contribution >= 4 is 17.6 Å². The highest BCUT2D eigenvalue weighted by Crippen LogP contribution is 2.21. The summed E-state index contributed by atoms with van der Waals surface area (Å²) >= 11 is 0. The summed E-state index contributed by atoms with van der Waals surface area (Å²) < 4.78 is 5.75. The molecule has 1 aromatic carbocycles. The van der Waals surface area contributed by atoms with Gasteiger partial charge in [0.25, 0.3) is 0 Å². The van der Waals surface area contributed by atoms with Crippen molar-refractivity contribution in [3.05, 3.63) is 53.6 Å². The number of hydrogen-bond acceptors (Lipinski definition) is 8. The van der Waals surface area contributed by atoms with Crippen LogP contribution in [0.2, 0.25) is 0 Å². The number of nitrogens with zero attached hydrogens (tertiary/aromatic N) is 6. The first-order chi connectivity index (χ1) is 15.7. The SMILES string of the molecule is Cc1cc(N2CCN(Cc3ncccn3)CC2)ccc1/C(C=NCC1CCCCO1)=N/N. The van der Waals surface area contributed by atoms with E-state index in [1.54, 1.807) is 18.6 Å². The number of hydrazone groups is 1. The molecule has 1 aromatic heterocycles. The van der Waals surface area contributed by atoms with Gasteiger partial charge in [-0.15, -0.1) is 0 Å². The Labute approximate surface area is 190 Å². The average molecular weight is 436 g/mol. The maximum Gasteiger partial charge on any atom is 0.142 e. The lowest BCUT2D eigenvalue weighted by Crippen LogP contribution is -2.46. The van der Waals surface area contributed by atoms with Gasteiger partial charge in [-0.3, -0.25) is 9.89 Å². The molecular weight excluding hydrogens is 402 g/mol. The van der Waals surface area contributed by atoms with Crippen LogP contribution in [0, 0.1) is 6.92 Å². The number of aliphatic imine (C=N–C) groups is 1. The predicted molar refractivity (Wildman–Crippen MR) is 128 cm³/mol. The fraction of sp³-hybridized carbons (Fsp3) is 0.500. The molecule has 2 aliphatic heterocycles. The number of anilines is 1. The van der Waals surface area contributed by atoms with Gasteiger partial charge in [-0.05, 0) is 49.9 Å². The highest BCUT2D eigenvalue weighted by molar-refractivity contribution is 6.38. The van der Waals surface area contributed by atoms with Crippen molar-refractivity contribution in [3.63, 3.8) is 0 Å². The molecule has 0 radical (unpaired) electrons. The van der Waals surface area contributed by atoms with Crippen molar-refractivity contribution < 1.29 is 4.74 Å². The van der Waals surface area contributed by atoms with Crippen LogP contribution in [0.4, 0.5) is 5.69 Å². The molecule has 2 N–H and O–H groups in total. The van der Waals surface area contributed by atoms with Crippen molar-refractivity contribution in [3.8, 4) is 0 Å². The zero-order valence-electron chi connectivity index (χ0n) is 18.9. The van der Waals surface area contributed by atoms with Crippen molar-refractivity contribution in [2.24, 2.45) is 15.9 Å². The Balaban J connectivity index is 1.33. The predicted octanol–water partition coefficient (Wildman–Crippen LogP) is 2.41. The summed E-state index contributed by atoms with van der Waals surface area (Å²) in [5.74, 6) is 6.57. The van der Waals surface area contributed by atoms with E-state index in [2.05, 4.69) is 55.0 Å². The molecule has 2 aliphatic rings. The first-order valence-corrected chi connectivity index (χ1v) is 11.5. The molecule has 1 atom stereocenters. The fourth-order valence-electron chi connectivity index (χ4n) is 4.29. The first-order valence-electron chi connectivity index (χ1n) is 11.5. The van der Waals surface area contributed by atoms with Crippen LogP contribution < -0.4 is 10.7 Å². The van der Waals surface area contributed by atoms with Gasteiger partial charge < -0.3 is 15.5 Å². The summed E-state index contributed by atoms with van der Waals surface area (Å²) in [4.78, 5) is 18.1. The number of aryl methyl sites for hydroxylation is 1. The molecule has 2 saturated heterocycles. The highest BCUT2D eigenvalue weighted by atomic mass is 16.5. The minimum Gasteiger partial charge on any atom is -0.376 e. The minimum absolute atomic E-state index is 0.217. The summed E-state index contributed by atoms with van der Waals surface area (Å²) in [7, 11) is 0. The van der Waals surface area contributed by atoms with Crippen molar-refractivity contribution in [1.29, 1.82) is 0 Å². The van der Waals surface area contributed by atoms with Gasteiger partial charge in [0.1, 0.15) is 11.5 Å². The van der Waals surface area contributed by atoms with E-state index in [4.69, 9.17) is 10.6 Å². The Hall–Kier alpha value is -2.84. The molecule has 0 bridgehead atoms. The van der Waals surface area contributed by atoms with E-state index in [1.165, 1.54) is 12.1 Å². The lowest BCUT2D eigenvalue weighted by molar-refractivity contribution is 0.0226. The summed E-state index contributed by atoms with van der Waals surface area (Å²) in [6, 6.07) is 8.32. The quantitative estimate of drug-likeness (QED) is 0.408. The summed E-state index contributed by atoms with van der Waals surface area (Å²) in [6.07, 6.45) is 9.04. The first kappa shape index (κ1) is 22.4. The molecule has 0 spiro atoms. The molecule has 2 fully saturated rings. The van der Waals surface area contributed by atoms with Gasteiger partial charge in [-0.25, -0.2) is 9.97 Å². The lowest BCUT2D eigenvalue weighted by Gasteiger charge is -2.36. The van der Waals surface area contributed by atoms with E-state index in [-0.39, 0.29) is 6.10 Å². The van der Waals surface area contributed by atoms with Crippen LogP contribution in [0.5, 0.6) is 0 Å². The van der Waals surface area contributed by atoms with E-state index in [0.717, 1.165) is 69.1 Å². The third-order valence-electron chi connectivity index (χ3n) is 6.14. The van der Waals surface area contributed by atoms with Gasteiger partial charge in [0, 0.05) is 62.6 Å². The molecule has 0 aliphatic carbocycles. The molecule has 4 rings (SSSR count). The van der Waals surface area contributed by atoms with Crippen LogP contribution in [-0.4, -0.2) is 72.2 Å². The van der Waals surface area contributed by atoms with Gasteiger partial charge in [-0.1, -0.05) is 6.07 Å². The number of piperazine rings is 1. The molecule has 1 unspecified atom stereocenters. The number of ether oxygens (including phenoxy) is 1. The Kier molecular flexibility index (Phi) is 7.79. The standard InChI is InChI=1S/C24H33N7O/c1-19-15-20(31-12-10-30(11-13-31)18-24-27-8-4-9-28-24)6-7-22(19)23(29-25)17-26-16-21-5-2-3-14-32-21/h4,6-9,15,17,21H,2-3,5,10-14,16,18,25H2,1H3/b26-17?,29-23+. The molecule has 32 heavy (non-hydrogen) atoms. The topological polar surface area (TPSA) is 92.2 Å². The van der Waals surface area contributed by atoms with Crippen LogP contribution in [0.1, 0.15) is 36.2 Å². The Morgan fingerprint density at radius 1 is 1.19 bits per heavy atom. The monoisotopic (exact) mass is 435 g/mol. The number of aromatic nitrogens is 2. The van der Waals surface area contributed by atoms with E-state index in [9.17, 15) is 0 Å². The molecule has 8 heteroatoms.